The average molecular weight is 282 g/mol. The molecule has 0 saturated heterocycles. The lowest BCUT2D eigenvalue weighted by Gasteiger charge is -2.40. The number of carbonyl (C=O) groups excluding carboxylic acids is 1. The Labute approximate surface area is 122 Å². The predicted octanol–water partition coefficient (Wildman–Crippen LogP) is 1.90. The van der Waals surface area contributed by atoms with Gasteiger partial charge in [-0.05, 0) is 38.0 Å². The third-order valence-corrected chi connectivity index (χ3v) is 5.19. The summed E-state index contributed by atoms with van der Waals surface area (Å²) in [4.78, 5) is 14.9. The lowest BCUT2D eigenvalue weighted by atomic mass is 9.77. The fourth-order valence-electron chi connectivity index (χ4n) is 3.88. The molecule has 3 N–H and O–H groups in total. The number of aliphatic hydroxyl groups is 1. The molecule has 0 aromatic rings. The number of nitrogens with two attached hydrogens (primary N) is 1. The van der Waals surface area contributed by atoms with Crippen molar-refractivity contribution in [3.8, 4) is 0 Å². The molecule has 3 atom stereocenters. The normalized spacial score (nSPS) is 32.0. The number of nitrogens with zero attached hydrogens (tertiary/aromatic N) is 1. The Bertz CT molecular complexity index is 316. The lowest BCUT2D eigenvalue weighted by Crippen LogP contribution is -2.49. The van der Waals surface area contributed by atoms with E-state index in [1.54, 1.807) is 0 Å². The molecule has 3 unspecified atom stereocenters. The molecule has 2 saturated carbocycles. The second-order valence-corrected chi connectivity index (χ2v) is 6.70. The first-order valence-electron chi connectivity index (χ1n) is 8.30. The van der Waals surface area contributed by atoms with Gasteiger partial charge in [-0.3, -0.25) is 4.79 Å². The molecule has 0 spiro atoms. The van der Waals surface area contributed by atoms with E-state index in [2.05, 4.69) is 6.92 Å². The van der Waals surface area contributed by atoms with E-state index in [-0.39, 0.29) is 24.5 Å². The van der Waals surface area contributed by atoms with Crippen LogP contribution in [0.4, 0.5) is 0 Å². The van der Waals surface area contributed by atoms with Crippen LogP contribution in [0.3, 0.4) is 0 Å². The molecule has 4 heteroatoms. The quantitative estimate of drug-likeness (QED) is 0.827. The van der Waals surface area contributed by atoms with Crippen LogP contribution in [-0.2, 0) is 4.79 Å². The van der Waals surface area contributed by atoms with Crippen LogP contribution >= 0.6 is 0 Å². The van der Waals surface area contributed by atoms with E-state index in [0.717, 1.165) is 32.1 Å². The monoisotopic (exact) mass is 282 g/mol. The Morgan fingerprint density at radius 1 is 1.20 bits per heavy atom. The number of carbonyl (C=O) groups is 1. The zero-order valence-corrected chi connectivity index (χ0v) is 12.8. The van der Waals surface area contributed by atoms with Crippen molar-refractivity contribution in [1.82, 2.24) is 4.90 Å². The Morgan fingerprint density at radius 3 is 2.55 bits per heavy atom. The van der Waals surface area contributed by atoms with E-state index in [0.29, 0.717) is 18.5 Å². The molecule has 2 aliphatic rings. The van der Waals surface area contributed by atoms with Crippen LogP contribution in [0.1, 0.15) is 58.3 Å². The minimum Gasteiger partial charge on any atom is -0.395 e. The summed E-state index contributed by atoms with van der Waals surface area (Å²) in [5, 5.41) is 9.31. The van der Waals surface area contributed by atoms with Crippen LogP contribution in [0.15, 0.2) is 0 Å². The Morgan fingerprint density at radius 2 is 1.90 bits per heavy atom. The van der Waals surface area contributed by atoms with Crippen LogP contribution in [-0.4, -0.2) is 41.1 Å². The highest BCUT2D eigenvalue weighted by Crippen LogP contribution is 2.32. The SMILES string of the molecule is CC1CCC(N)CC1C(=O)N(CCO)C1CCCCC1. The number of hydrogen-bond acceptors (Lipinski definition) is 3. The van der Waals surface area contributed by atoms with Crippen molar-refractivity contribution in [3.63, 3.8) is 0 Å². The Kier molecular flexibility index (Phi) is 5.85. The summed E-state index contributed by atoms with van der Waals surface area (Å²) in [6.07, 6.45) is 8.79. The maximum Gasteiger partial charge on any atom is 0.226 e. The number of rotatable bonds is 4. The van der Waals surface area contributed by atoms with Crippen molar-refractivity contribution in [1.29, 1.82) is 0 Å². The third kappa shape index (κ3) is 3.73. The van der Waals surface area contributed by atoms with Crippen LogP contribution < -0.4 is 5.73 Å². The van der Waals surface area contributed by atoms with Crippen LogP contribution in [0.5, 0.6) is 0 Å². The molecule has 2 rings (SSSR count). The number of aliphatic hydroxyl groups excluding tert-OH is 1. The summed E-state index contributed by atoms with van der Waals surface area (Å²) in [5.74, 6) is 0.730. The van der Waals surface area contributed by atoms with Gasteiger partial charge in [-0.25, -0.2) is 0 Å². The van der Waals surface area contributed by atoms with Crippen molar-refractivity contribution >= 4 is 5.91 Å². The molecule has 4 nitrogen and oxygen atoms in total. The molecule has 116 valence electrons. The van der Waals surface area contributed by atoms with Gasteiger partial charge in [0, 0.05) is 24.5 Å². The molecule has 0 aliphatic heterocycles. The molecule has 0 radical (unpaired) electrons. The van der Waals surface area contributed by atoms with Gasteiger partial charge in [0.25, 0.3) is 0 Å². The molecule has 0 aromatic carbocycles. The van der Waals surface area contributed by atoms with Crippen molar-refractivity contribution in [2.24, 2.45) is 17.6 Å². The molecule has 20 heavy (non-hydrogen) atoms. The summed E-state index contributed by atoms with van der Waals surface area (Å²) in [6, 6.07) is 0.510. The molecule has 0 bridgehead atoms. The lowest BCUT2D eigenvalue weighted by molar-refractivity contribution is -0.142. The van der Waals surface area contributed by atoms with Crippen LogP contribution in [0, 0.1) is 11.8 Å². The van der Waals surface area contributed by atoms with Gasteiger partial charge in [0.15, 0.2) is 0 Å². The van der Waals surface area contributed by atoms with Crippen molar-refractivity contribution < 1.29 is 9.90 Å². The summed E-state index contributed by atoms with van der Waals surface area (Å²) in [7, 11) is 0. The van der Waals surface area contributed by atoms with Gasteiger partial charge in [0.05, 0.1) is 6.61 Å². The fraction of sp³-hybridized carbons (Fsp3) is 0.938. The zero-order valence-electron chi connectivity index (χ0n) is 12.8. The van der Waals surface area contributed by atoms with E-state index in [1.807, 2.05) is 4.90 Å². The predicted molar refractivity (Wildman–Crippen MR) is 80.2 cm³/mol. The molecule has 2 aliphatic carbocycles. The second-order valence-electron chi connectivity index (χ2n) is 6.70. The van der Waals surface area contributed by atoms with Gasteiger partial charge >= 0.3 is 0 Å². The third-order valence-electron chi connectivity index (χ3n) is 5.19. The topological polar surface area (TPSA) is 66.6 Å². The Balaban J connectivity index is 2.04. The van der Waals surface area contributed by atoms with E-state index in [4.69, 9.17) is 5.73 Å². The molecular weight excluding hydrogens is 252 g/mol. The maximum atomic E-state index is 12.9. The first kappa shape index (κ1) is 15.8. The summed E-state index contributed by atoms with van der Waals surface area (Å²) < 4.78 is 0. The van der Waals surface area contributed by atoms with Crippen LogP contribution in [0.25, 0.3) is 0 Å². The van der Waals surface area contributed by atoms with Gasteiger partial charge < -0.3 is 15.7 Å². The van der Waals surface area contributed by atoms with Gasteiger partial charge in [-0.15, -0.1) is 0 Å². The largest absolute Gasteiger partial charge is 0.395 e. The zero-order chi connectivity index (χ0) is 14.5. The second kappa shape index (κ2) is 7.41. The maximum absolute atomic E-state index is 12.9. The van der Waals surface area contributed by atoms with E-state index < -0.39 is 0 Å². The van der Waals surface area contributed by atoms with Crippen molar-refractivity contribution in [2.75, 3.05) is 13.2 Å². The summed E-state index contributed by atoms with van der Waals surface area (Å²) in [6.45, 7) is 2.73. The minimum absolute atomic E-state index is 0.0622. The number of hydrogen-bond donors (Lipinski definition) is 2. The van der Waals surface area contributed by atoms with Gasteiger partial charge in [-0.1, -0.05) is 26.2 Å². The molecule has 0 aromatic heterocycles. The average Bonchev–Trinajstić information content (AvgIpc) is 2.47. The highest BCUT2D eigenvalue weighted by atomic mass is 16.3. The molecule has 1 amide bonds. The van der Waals surface area contributed by atoms with Crippen molar-refractivity contribution in [2.45, 2.75) is 70.4 Å². The van der Waals surface area contributed by atoms with Crippen molar-refractivity contribution in [3.05, 3.63) is 0 Å². The first-order chi connectivity index (χ1) is 9.63. The highest BCUT2D eigenvalue weighted by Gasteiger charge is 2.36. The standard InChI is InChI=1S/C16H30N2O2/c1-12-7-8-13(17)11-15(12)16(20)18(9-10-19)14-5-3-2-4-6-14/h12-15,19H,2-11,17H2,1H3. The summed E-state index contributed by atoms with van der Waals surface area (Å²) in [5.41, 5.74) is 6.06. The smallest absolute Gasteiger partial charge is 0.226 e. The minimum atomic E-state index is 0.0622. The fourth-order valence-corrected chi connectivity index (χ4v) is 3.88. The highest BCUT2D eigenvalue weighted by molar-refractivity contribution is 5.79. The van der Waals surface area contributed by atoms with Gasteiger partial charge in [0.1, 0.15) is 0 Å². The van der Waals surface area contributed by atoms with E-state index in [9.17, 15) is 9.90 Å². The van der Waals surface area contributed by atoms with E-state index >= 15 is 0 Å². The van der Waals surface area contributed by atoms with Gasteiger partial charge in [-0.2, -0.15) is 0 Å². The molecule has 0 heterocycles. The first-order valence-corrected chi connectivity index (χ1v) is 8.30. The molecule has 2 fully saturated rings. The Hall–Kier alpha value is -0.610. The van der Waals surface area contributed by atoms with E-state index in [1.165, 1.54) is 19.3 Å². The molecular formula is C16H30N2O2. The summed E-state index contributed by atoms with van der Waals surface area (Å²) >= 11 is 0. The van der Waals surface area contributed by atoms with Gasteiger partial charge in [0.2, 0.25) is 5.91 Å². The van der Waals surface area contributed by atoms with Crippen LogP contribution in [0.2, 0.25) is 0 Å². The number of amides is 1.